The molecule has 2 aromatic carbocycles. The van der Waals surface area contributed by atoms with E-state index in [9.17, 15) is 19.8 Å². The number of benzene rings is 2. The predicted octanol–water partition coefficient (Wildman–Crippen LogP) is 9.18. The number of anilines is 1. The van der Waals surface area contributed by atoms with Crippen molar-refractivity contribution in [3.8, 4) is 23.0 Å². The van der Waals surface area contributed by atoms with E-state index in [2.05, 4.69) is 18.0 Å². The van der Waals surface area contributed by atoms with E-state index in [4.69, 9.17) is 33.7 Å². The number of carbonyl (C=O) groups is 2. The first-order valence-electron chi connectivity index (χ1n) is 22.6. The number of unbranched alkanes of at least 4 members (excludes halogenated alkanes) is 2. The monoisotopic (exact) mass is 859 g/mol. The SMILES string of the molecule is C=CCOC12Oc3ccc(OC(=O)Nc4ccc(OC)cc4OC)cc3C3C(CCCCO)C(CCCCO)C=C(C(=NOC(C)(C)C)CC1N(C)C(=O)CCC1CCCC1)C32. The van der Waals surface area contributed by atoms with E-state index >= 15 is 0 Å². The number of aliphatic hydroxyl groups excluding tert-OH is 2. The van der Waals surface area contributed by atoms with Crippen LogP contribution in [0.15, 0.2) is 65.9 Å². The number of carbonyl (C=O) groups excluding carboxylic acids is 2. The first-order valence-corrected chi connectivity index (χ1v) is 22.6. The van der Waals surface area contributed by atoms with Crippen LogP contribution in [-0.4, -0.2) is 91.3 Å². The van der Waals surface area contributed by atoms with Gasteiger partial charge in [0.15, 0.2) is 0 Å². The third-order valence-electron chi connectivity index (χ3n) is 13.0. The Balaban J connectivity index is 1.49. The Morgan fingerprint density at radius 3 is 2.39 bits per heavy atom. The van der Waals surface area contributed by atoms with E-state index in [0.29, 0.717) is 60.3 Å². The number of nitrogens with zero attached hydrogens (tertiary/aromatic N) is 2. The molecule has 1 heterocycles. The Morgan fingerprint density at radius 2 is 1.71 bits per heavy atom. The van der Waals surface area contributed by atoms with Crippen molar-refractivity contribution in [2.75, 3.05) is 46.4 Å². The van der Waals surface area contributed by atoms with Crippen LogP contribution in [0.2, 0.25) is 0 Å². The van der Waals surface area contributed by atoms with Crippen molar-refractivity contribution in [1.82, 2.24) is 4.90 Å². The standard InChI is InChI=1S/C49H69N3O10/c1-8-27-59-49-43(52(5)44(55)24-19-32-15-9-10-16-32)31-40(51-62-48(2,3)4)37-28-33(17-11-13-25-53)36(18-12-14-26-54)45(46(37)49)38-29-35(21-23-41(38)61-49)60-47(56)50-39-22-20-34(57-6)30-42(39)58-7/h8,20-23,28-30,32-33,36,43,45-46,53-54H,1,9-19,24-27,31H2,2-7H3,(H,50,56). The van der Waals surface area contributed by atoms with Gasteiger partial charge in [0.1, 0.15) is 34.6 Å². The summed E-state index contributed by atoms with van der Waals surface area (Å²) in [5.41, 5.74) is 2.36. The van der Waals surface area contributed by atoms with Crippen LogP contribution in [0.25, 0.3) is 0 Å². The number of ether oxygens (including phenoxy) is 5. The van der Waals surface area contributed by atoms with E-state index in [-0.39, 0.29) is 43.5 Å². The molecule has 6 unspecified atom stereocenters. The normalized spacial score (nSPS) is 24.9. The van der Waals surface area contributed by atoms with Crippen LogP contribution in [0.5, 0.6) is 23.0 Å². The number of nitrogens with one attached hydrogen (secondary N) is 1. The van der Waals surface area contributed by atoms with Gasteiger partial charge in [-0.05, 0) is 107 Å². The maximum Gasteiger partial charge on any atom is 0.417 e. The summed E-state index contributed by atoms with van der Waals surface area (Å²) in [5, 5.41) is 27.5. The van der Waals surface area contributed by atoms with Crippen LogP contribution in [-0.2, 0) is 14.4 Å². The lowest BCUT2D eigenvalue weighted by Gasteiger charge is -2.59. The summed E-state index contributed by atoms with van der Waals surface area (Å²) in [6.45, 7) is 10.2. The molecule has 340 valence electrons. The van der Waals surface area contributed by atoms with Crippen molar-refractivity contribution in [2.24, 2.45) is 28.8 Å². The van der Waals surface area contributed by atoms with E-state index < -0.39 is 29.4 Å². The van der Waals surface area contributed by atoms with Crippen molar-refractivity contribution in [3.05, 3.63) is 66.3 Å². The molecule has 2 amide bonds. The minimum atomic E-state index is -1.35. The molecule has 2 saturated carbocycles. The number of likely N-dealkylation sites (N-methyl/N-ethyl adjacent to an activating group) is 1. The number of methoxy groups -OCH3 is 2. The van der Waals surface area contributed by atoms with Gasteiger partial charge in [-0.3, -0.25) is 10.1 Å². The summed E-state index contributed by atoms with van der Waals surface area (Å²) in [7, 11) is 4.93. The highest BCUT2D eigenvalue weighted by Crippen LogP contribution is 2.62. The fraction of sp³-hybridized carbons (Fsp3) is 0.612. The zero-order valence-corrected chi connectivity index (χ0v) is 37.7. The van der Waals surface area contributed by atoms with Crippen LogP contribution < -0.4 is 24.3 Å². The smallest absolute Gasteiger partial charge is 0.417 e. The summed E-state index contributed by atoms with van der Waals surface area (Å²) in [6.07, 6.45) is 14.2. The zero-order valence-electron chi connectivity index (χ0n) is 37.7. The third-order valence-corrected chi connectivity index (χ3v) is 13.0. The van der Waals surface area contributed by atoms with Gasteiger partial charge in [-0.1, -0.05) is 55.8 Å². The highest BCUT2D eigenvalue weighted by atomic mass is 16.7. The second kappa shape index (κ2) is 21.2. The molecular formula is C49H69N3O10. The molecule has 0 aromatic heterocycles. The lowest BCUT2D eigenvalue weighted by atomic mass is 9.55. The number of rotatable bonds is 20. The molecular weight excluding hydrogens is 791 g/mol. The molecule has 13 nitrogen and oxygen atoms in total. The second-order valence-corrected chi connectivity index (χ2v) is 18.3. The van der Waals surface area contributed by atoms with Gasteiger partial charge in [-0.25, -0.2) is 4.79 Å². The number of allylic oxidation sites excluding steroid dienone is 1. The Labute approximate surface area is 367 Å². The van der Waals surface area contributed by atoms with Crippen molar-refractivity contribution in [1.29, 1.82) is 0 Å². The Kier molecular flexibility index (Phi) is 16.0. The molecule has 62 heavy (non-hydrogen) atoms. The van der Waals surface area contributed by atoms with Gasteiger partial charge in [0.25, 0.3) is 0 Å². The van der Waals surface area contributed by atoms with Gasteiger partial charge >= 0.3 is 6.09 Å². The van der Waals surface area contributed by atoms with Gasteiger partial charge in [-0.2, -0.15) is 0 Å². The van der Waals surface area contributed by atoms with Crippen molar-refractivity contribution < 1.29 is 48.3 Å². The first kappa shape index (κ1) is 46.9. The largest absolute Gasteiger partial charge is 0.497 e. The Hall–Kier alpha value is -4.59. The molecule has 2 fully saturated rings. The molecule has 1 aliphatic heterocycles. The van der Waals surface area contributed by atoms with Gasteiger partial charge in [0.05, 0.1) is 38.1 Å². The molecule has 4 aliphatic rings. The summed E-state index contributed by atoms with van der Waals surface area (Å²) >= 11 is 0. The quantitative estimate of drug-likeness (QED) is 0.0666. The first-order chi connectivity index (χ1) is 29.9. The molecule has 3 aliphatic carbocycles. The van der Waals surface area contributed by atoms with Crippen LogP contribution in [0.4, 0.5) is 10.5 Å². The van der Waals surface area contributed by atoms with E-state index in [1.165, 1.54) is 20.0 Å². The van der Waals surface area contributed by atoms with Crippen molar-refractivity contribution in [3.63, 3.8) is 0 Å². The summed E-state index contributed by atoms with van der Waals surface area (Å²) < 4.78 is 31.1. The average molecular weight is 860 g/mol. The number of fused-ring (bicyclic) bond motifs is 2. The molecule has 0 bridgehead atoms. The highest BCUT2D eigenvalue weighted by Gasteiger charge is 2.65. The molecule has 6 rings (SSSR count). The fourth-order valence-corrected chi connectivity index (χ4v) is 10.1. The maximum atomic E-state index is 14.4. The minimum absolute atomic E-state index is 0.0166. The van der Waals surface area contributed by atoms with Gasteiger partial charge in [0, 0.05) is 50.7 Å². The fourth-order valence-electron chi connectivity index (χ4n) is 10.1. The Bertz CT molecular complexity index is 1920. The number of aliphatic hydroxyl groups is 2. The average Bonchev–Trinajstić information content (AvgIpc) is 3.79. The second-order valence-electron chi connectivity index (χ2n) is 18.3. The topological polar surface area (TPSA) is 158 Å². The lowest BCUT2D eigenvalue weighted by molar-refractivity contribution is -0.255. The number of hydrogen-bond acceptors (Lipinski definition) is 11. The number of hydrogen-bond donors (Lipinski definition) is 3. The molecule has 0 spiro atoms. The Morgan fingerprint density at radius 1 is 0.984 bits per heavy atom. The zero-order chi connectivity index (χ0) is 44.4. The third kappa shape index (κ3) is 10.8. The van der Waals surface area contributed by atoms with E-state index in [1.807, 2.05) is 44.9 Å². The van der Waals surface area contributed by atoms with E-state index in [0.717, 1.165) is 61.8 Å². The number of amides is 2. The summed E-state index contributed by atoms with van der Waals surface area (Å²) in [5.74, 6) is 0.441. The van der Waals surface area contributed by atoms with Crippen molar-refractivity contribution in [2.45, 2.75) is 128 Å². The van der Waals surface area contributed by atoms with Gasteiger partial charge in [0.2, 0.25) is 11.7 Å². The molecule has 3 N–H and O–H groups in total. The van der Waals surface area contributed by atoms with E-state index in [1.54, 1.807) is 37.5 Å². The van der Waals surface area contributed by atoms with Crippen molar-refractivity contribution >= 4 is 23.4 Å². The highest BCUT2D eigenvalue weighted by molar-refractivity contribution is 6.03. The molecule has 2 aromatic rings. The summed E-state index contributed by atoms with van der Waals surface area (Å²) in [4.78, 5) is 36.0. The summed E-state index contributed by atoms with van der Waals surface area (Å²) in [6, 6.07) is 9.92. The molecule has 13 heteroatoms. The minimum Gasteiger partial charge on any atom is -0.497 e. The molecule has 0 saturated heterocycles. The number of oxime groups is 1. The predicted molar refractivity (Wildman–Crippen MR) is 239 cm³/mol. The molecule has 0 radical (unpaired) electrons. The lowest BCUT2D eigenvalue weighted by Crippen LogP contribution is -2.69. The molecule has 6 atom stereocenters. The van der Waals surface area contributed by atoms with Crippen LogP contribution in [0.3, 0.4) is 0 Å². The maximum absolute atomic E-state index is 14.4. The van der Waals surface area contributed by atoms with Crippen LogP contribution >= 0.6 is 0 Å². The van der Waals surface area contributed by atoms with Gasteiger partial charge in [-0.15, -0.1) is 6.58 Å². The van der Waals surface area contributed by atoms with Crippen LogP contribution in [0.1, 0.15) is 116 Å². The van der Waals surface area contributed by atoms with Crippen LogP contribution in [0, 0.1) is 23.7 Å². The van der Waals surface area contributed by atoms with Gasteiger partial charge < -0.3 is 43.6 Å².